The van der Waals surface area contributed by atoms with E-state index in [1.54, 1.807) is 5.57 Å². The van der Waals surface area contributed by atoms with Crippen LogP contribution in [0.4, 0.5) is 0 Å². The van der Waals surface area contributed by atoms with Gasteiger partial charge in [0.15, 0.2) is 0 Å². The Balaban J connectivity index is 1.57. The van der Waals surface area contributed by atoms with Crippen LogP contribution in [0.3, 0.4) is 0 Å². The second-order valence-corrected chi connectivity index (χ2v) is 7.72. The Morgan fingerprint density at radius 3 is 2.32 bits per heavy atom. The minimum atomic E-state index is 0.758. The van der Waals surface area contributed by atoms with E-state index in [1.165, 1.54) is 82.6 Å². The predicted molar refractivity (Wildman–Crippen MR) is 108 cm³/mol. The average Bonchev–Trinajstić information content (AvgIpc) is 2.67. The predicted octanol–water partition coefficient (Wildman–Crippen LogP) is 7.36. The van der Waals surface area contributed by atoms with Gasteiger partial charge in [-0.3, -0.25) is 0 Å². The van der Waals surface area contributed by atoms with Crippen LogP contribution in [-0.2, 0) is 6.42 Å². The normalized spacial score (nSPS) is 17.1. The number of aryl methyl sites for hydroxylation is 1. The molecule has 1 atom stereocenters. The van der Waals surface area contributed by atoms with Crippen molar-refractivity contribution >= 4 is 0 Å². The lowest BCUT2D eigenvalue weighted by atomic mass is 9.84. The molecule has 0 saturated heterocycles. The zero-order chi connectivity index (χ0) is 17.7. The summed E-state index contributed by atoms with van der Waals surface area (Å²) in [6, 6.07) is 10.3. The molecule has 0 N–H and O–H groups in total. The quantitative estimate of drug-likeness (QED) is 0.306. The van der Waals surface area contributed by atoms with E-state index < -0.39 is 0 Å². The van der Waals surface area contributed by atoms with Crippen molar-refractivity contribution in [2.45, 2.75) is 90.4 Å². The van der Waals surface area contributed by atoms with Crippen molar-refractivity contribution in [3.63, 3.8) is 0 Å². The van der Waals surface area contributed by atoms with E-state index in [-0.39, 0.29) is 0 Å². The first kappa shape index (κ1) is 19.8. The number of unbranched alkanes of at least 4 members (excludes halogenated alkanes) is 6. The van der Waals surface area contributed by atoms with Gasteiger partial charge >= 0.3 is 0 Å². The van der Waals surface area contributed by atoms with Crippen LogP contribution >= 0.6 is 0 Å². The Bertz CT molecular complexity index is 546. The van der Waals surface area contributed by atoms with Gasteiger partial charge in [0.05, 0.1) is 11.6 Å². The molecule has 136 valence electrons. The second-order valence-electron chi connectivity index (χ2n) is 7.72. The highest BCUT2D eigenvalue weighted by atomic mass is 14.2. The van der Waals surface area contributed by atoms with Crippen LogP contribution in [0.25, 0.3) is 0 Å². The van der Waals surface area contributed by atoms with Gasteiger partial charge in [0.2, 0.25) is 0 Å². The van der Waals surface area contributed by atoms with E-state index in [0.717, 1.165) is 17.9 Å². The zero-order valence-electron chi connectivity index (χ0n) is 16.1. The zero-order valence-corrected chi connectivity index (χ0v) is 16.1. The van der Waals surface area contributed by atoms with Crippen molar-refractivity contribution in [3.05, 3.63) is 47.0 Å². The summed E-state index contributed by atoms with van der Waals surface area (Å²) in [6.07, 6.45) is 20.2. The van der Waals surface area contributed by atoms with Crippen LogP contribution in [0, 0.1) is 17.2 Å². The number of benzene rings is 1. The molecule has 0 saturated carbocycles. The Hall–Kier alpha value is -1.55. The van der Waals surface area contributed by atoms with E-state index in [0.29, 0.717) is 0 Å². The topological polar surface area (TPSA) is 23.8 Å². The SMILES string of the molecule is CCCCCCCCCC1CC=C(CCc2ccc(C#N)cc2)CC1. The maximum absolute atomic E-state index is 8.85. The minimum Gasteiger partial charge on any atom is -0.192 e. The standard InChI is InChI=1S/C24H35N/c1-2-3-4-5-6-7-8-9-21-10-12-22(13-11-21)14-15-23-16-18-24(20-25)19-17-23/h12,16-19,21H,2-11,13-15H2,1H3. The molecule has 0 spiro atoms. The van der Waals surface area contributed by atoms with Crippen molar-refractivity contribution in [1.82, 2.24) is 0 Å². The number of hydrogen-bond donors (Lipinski definition) is 0. The summed E-state index contributed by atoms with van der Waals surface area (Å²) < 4.78 is 0. The van der Waals surface area contributed by atoms with Crippen molar-refractivity contribution in [1.29, 1.82) is 5.26 Å². The molecular formula is C24H35N. The summed E-state index contributed by atoms with van der Waals surface area (Å²) in [5, 5.41) is 8.85. The molecule has 0 aromatic heterocycles. The Morgan fingerprint density at radius 1 is 0.960 bits per heavy atom. The van der Waals surface area contributed by atoms with Crippen molar-refractivity contribution in [3.8, 4) is 6.07 Å². The third-order valence-electron chi connectivity index (χ3n) is 5.65. The Morgan fingerprint density at radius 2 is 1.68 bits per heavy atom. The van der Waals surface area contributed by atoms with Gasteiger partial charge in [-0.1, -0.05) is 82.1 Å². The van der Waals surface area contributed by atoms with Gasteiger partial charge in [0.25, 0.3) is 0 Å². The van der Waals surface area contributed by atoms with Crippen LogP contribution in [0.15, 0.2) is 35.9 Å². The number of nitriles is 1. The van der Waals surface area contributed by atoms with Gasteiger partial charge in [-0.25, -0.2) is 0 Å². The van der Waals surface area contributed by atoms with Gasteiger partial charge < -0.3 is 0 Å². The summed E-state index contributed by atoms with van der Waals surface area (Å²) in [6.45, 7) is 2.29. The molecule has 1 heteroatoms. The average molecular weight is 338 g/mol. The van der Waals surface area contributed by atoms with E-state index in [2.05, 4.69) is 31.2 Å². The van der Waals surface area contributed by atoms with Gasteiger partial charge in [-0.05, 0) is 55.7 Å². The summed E-state index contributed by atoms with van der Waals surface area (Å²) in [5.41, 5.74) is 3.76. The number of allylic oxidation sites excluding steroid dienone is 2. The first-order chi connectivity index (χ1) is 12.3. The van der Waals surface area contributed by atoms with Crippen LogP contribution in [0.5, 0.6) is 0 Å². The van der Waals surface area contributed by atoms with E-state index in [9.17, 15) is 0 Å². The molecule has 1 unspecified atom stereocenters. The summed E-state index contributed by atoms with van der Waals surface area (Å²) in [5.74, 6) is 0.939. The van der Waals surface area contributed by atoms with Gasteiger partial charge in [0.1, 0.15) is 0 Å². The molecular weight excluding hydrogens is 302 g/mol. The summed E-state index contributed by atoms with van der Waals surface area (Å²) in [7, 11) is 0. The fraction of sp³-hybridized carbons (Fsp3) is 0.625. The lowest BCUT2D eigenvalue weighted by Gasteiger charge is -2.22. The Kier molecular flexibility index (Phi) is 9.42. The lowest BCUT2D eigenvalue weighted by molar-refractivity contribution is 0.409. The molecule has 1 nitrogen and oxygen atoms in total. The fourth-order valence-corrected chi connectivity index (χ4v) is 3.87. The van der Waals surface area contributed by atoms with Crippen LogP contribution in [0.2, 0.25) is 0 Å². The highest BCUT2D eigenvalue weighted by molar-refractivity contribution is 5.31. The third kappa shape index (κ3) is 7.91. The minimum absolute atomic E-state index is 0.758. The van der Waals surface area contributed by atoms with E-state index in [4.69, 9.17) is 5.26 Å². The largest absolute Gasteiger partial charge is 0.192 e. The first-order valence-corrected chi connectivity index (χ1v) is 10.5. The summed E-state index contributed by atoms with van der Waals surface area (Å²) >= 11 is 0. The molecule has 25 heavy (non-hydrogen) atoms. The van der Waals surface area contributed by atoms with Crippen molar-refractivity contribution in [2.24, 2.45) is 5.92 Å². The molecule has 2 rings (SSSR count). The fourth-order valence-electron chi connectivity index (χ4n) is 3.87. The highest BCUT2D eigenvalue weighted by Gasteiger charge is 2.14. The lowest BCUT2D eigenvalue weighted by Crippen LogP contribution is -2.06. The molecule has 0 fully saturated rings. The Labute approximate surface area is 155 Å². The smallest absolute Gasteiger partial charge is 0.0991 e. The maximum atomic E-state index is 8.85. The molecule has 0 bridgehead atoms. The molecule has 0 heterocycles. The van der Waals surface area contributed by atoms with Crippen LogP contribution in [0.1, 0.15) is 95.1 Å². The first-order valence-electron chi connectivity index (χ1n) is 10.5. The monoisotopic (exact) mass is 337 g/mol. The van der Waals surface area contributed by atoms with Crippen molar-refractivity contribution in [2.75, 3.05) is 0 Å². The van der Waals surface area contributed by atoms with Gasteiger partial charge in [-0.2, -0.15) is 5.26 Å². The van der Waals surface area contributed by atoms with Crippen LogP contribution in [-0.4, -0.2) is 0 Å². The van der Waals surface area contributed by atoms with Crippen molar-refractivity contribution < 1.29 is 0 Å². The molecule has 1 aromatic carbocycles. The van der Waals surface area contributed by atoms with E-state index >= 15 is 0 Å². The molecule has 1 aromatic rings. The third-order valence-corrected chi connectivity index (χ3v) is 5.65. The van der Waals surface area contributed by atoms with Gasteiger partial charge in [0, 0.05) is 0 Å². The molecule has 1 aliphatic rings. The van der Waals surface area contributed by atoms with Gasteiger partial charge in [-0.15, -0.1) is 0 Å². The molecule has 0 aliphatic heterocycles. The van der Waals surface area contributed by atoms with E-state index in [1.807, 2.05) is 12.1 Å². The maximum Gasteiger partial charge on any atom is 0.0991 e. The van der Waals surface area contributed by atoms with Crippen LogP contribution < -0.4 is 0 Å². The molecule has 1 aliphatic carbocycles. The number of nitrogens with zero attached hydrogens (tertiary/aromatic N) is 1. The highest BCUT2D eigenvalue weighted by Crippen LogP contribution is 2.30. The number of hydrogen-bond acceptors (Lipinski definition) is 1. The molecule has 0 radical (unpaired) electrons. The number of rotatable bonds is 11. The summed E-state index contributed by atoms with van der Waals surface area (Å²) in [4.78, 5) is 0. The molecule has 0 amide bonds. The second kappa shape index (κ2) is 11.9.